The zero-order valence-electron chi connectivity index (χ0n) is 8.56. The van der Waals surface area contributed by atoms with E-state index in [1.807, 2.05) is 6.07 Å². The third-order valence-electron chi connectivity index (χ3n) is 2.04. The van der Waals surface area contributed by atoms with Gasteiger partial charge in [0.25, 0.3) is 0 Å². The number of halogens is 2. The van der Waals surface area contributed by atoms with Crippen LogP contribution < -0.4 is 5.32 Å². The number of benzene rings is 1. The third-order valence-corrected chi connectivity index (χ3v) is 2.60. The fourth-order valence-electron chi connectivity index (χ4n) is 1.28. The molecule has 3 heteroatoms. The van der Waals surface area contributed by atoms with Crippen LogP contribution in [0.5, 0.6) is 0 Å². The van der Waals surface area contributed by atoms with E-state index < -0.39 is 0 Å². The maximum atomic E-state index is 6.06. The molecule has 0 aliphatic heterocycles. The summed E-state index contributed by atoms with van der Waals surface area (Å²) in [6.07, 6.45) is 6.48. The lowest BCUT2D eigenvalue weighted by atomic mass is 10.1. The lowest BCUT2D eigenvalue weighted by Gasteiger charge is -2.14. The van der Waals surface area contributed by atoms with Crippen LogP contribution in [-0.2, 0) is 0 Å². The van der Waals surface area contributed by atoms with Crippen LogP contribution >= 0.6 is 23.2 Å². The topological polar surface area (TPSA) is 12.0 Å². The molecule has 15 heavy (non-hydrogen) atoms. The molecule has 1 aromatic rings. The molecule has 0 aliphatic rings. The van der Waals surface area contributed by atoms with Gasteiger partial charge in [-0.1, -0.05) is 42.1 Å². The highest BCUT2D eigenvalue weighted by atomic mass is 35.5. The molecule has 80 valence electrons. The first-order chi connectivity index (χ1) is 7.19. The smallest absolute Gasteiger partial charge is 0.0957 e. The van der Waals surface area contributed by atoms with E-state index in [4.69, 9.17) is 29.6 Å². The SMILES string of the molecule is C#CC(NCCC)c1ccc(Cl)cc1Cl. The van der Waals surface area contributed by atoms with Gasteiger partial charge in [-0.15, -0.1) is 6.42 Å². The van der Waals surface area contributed by atoms with Crippen LogP contribution in [0, 0.1) is 12.3 Å². The minimum absolute atomic E-state index is 0.144. The summed E-state index contributed by atoms with van der Waals surface area (Å²) in [7, 11) is 0. The highest BCUT2D eigenvalue weighted by molar-refractivity contribution is 6.35. The maximum absolute atomic E-state index is 6.06. The zero-order valence-corrected chi connectivity index (χ0v) is 10.1. The summed E-state index contributed by atoms with van der Waals surface area (Å²) in [4.78, 5) is 0. The molecule has 0 amide bonds. The Bertz CT molecular complexity index is 368. The van der Waals surface area contributed by atoms with Crippen LogP contribution in [0.4, 0.5) is 0 Å². The van der Waals surface area contributed by atoms with Gasteiger partial charge in [0.15, 0.2) is 0 Å². The van der Waals surface area contributed by atoms with E-state index in [9.17, 15) is 0 Å². The summed E-state index contributed by atoms with van der Waals surface area (Å²) in [6.45, 7) is 2.96. The Balaban J connectivity index is 2.88. The second-order valence-corrected chi connectivity index (χ2v) is 4.06. The Hall–Kier alpha value is -0.680. The van der Waals surface area contributed by atoms with Crippen LogP contribution in [-0.4, -0.2) is 6.54 Å². The van der Waals surface area contributed by atoms with Gasteiger partial charge in [0.2, 0.25) is 0 Å². The molecule has 1 rings (SSSR count). The molecule has 1 atom stereocenters. The van der Waals surface area contributed by atoms with Crippen LogP contribution in [0.3, 0.4) is 0 Å². The number of hydrogen-bond acceptors (Lipinski definition) is 1. The highest BCUT2D eigenvalue weighted by Crippen LogP contribution is 2.25. The Morgan fingerprint density at radius 2 is 2.20 bits per heavy atom. The van der Waals surface area contributed by atoms with Gasteiger partial charge in [-0.3, -0.25) is 5.32 Å². The summed E-state index contributed by atoms with van der Waals surface area (Å²) in [5.41, 5.74) is 0.900. The summed E-state index contributed by atoms with van der Waals surface area (Å²) >= 11 is 11.9. The van der Waals surface area contributed by atoms with E-state index in [0.29, 0.717) is 10.0 Å². The van der Waals surface area contributed by atoms with Gasteiger partial charge >= 0.3 is 0 Å². The predicted octanol–water partition coefficient (Wildman–Crippen LogP) is 3.67. The summed E-state index contributed by atoms with van der Waals surface area (Å²) < 4.78 is 0. The average Bonchev–Trinajstić information content (AvgIpc) is 2.21. The van der Waals surface area contributed by atoms with Crippen LogP contribution in [0.2, 0.25) is 10.0 Å². The van der Waals surface area contributed by atoms with E-state index in [2.05, 4.69) is 18.2 Å². The van der Waals surface area contributed by atoms with Crippen molar-refractivity contribution in [2.75, 3.05) is 6.54 Å². The van der Waals surface area contributed by atoms with Gasteiger partial charge in [0.1, 0.15) is 0 Å². The first kappa shape index (κ1) is 12.4. The van der Waals surface area contributed by atoms with E-state index >= 15 is 0 Å². The molecule has 1 nitrogen and oxygen atoms in total. The van der Waals surface area contributed by atoms with Crippen molar-refractivity contribution in [1.29, 1.82) is 0 Å². The molecule has 0 saturated heterocycles. The largest absolute Gasteiger partial charge is 0.300 e. The molecule has 1 unspecified atom stereocenters. The molecule has 1 aromatic carbocycles. The van der Waals surface area contributed by atoms with Crippen LogP contribution in [0.15, 0.2) is 18.2 Å². The molecular weight excluding hydrogens is 229 g/mol. The molecule has 0 radical (unpaired) electrons. The first-order valence-corrected chi connectivity index (χ1v) is 5.59. The van der Waals surface area contributed by atoms with Crippen molar-refractivity contribution >= 4 is 23.2 Å². The van der Waals surface area contributed by atoms with Gasteiger partial charge in [-0.2, -0.15) is 0 Å². The molecule has 1 N–H and O–H groups in total. The number of hydrogen-bond donors (Lipinski definition) is 1. The van der Waals surface area contributed by atoms with Crippen molar-refractivity contribution in [3.63, 3.8) is 0 Å². The van der Waals surface area contributed by atoms with Crippen molar-refractivity contribution in [1.82, 2.24) is 5.32 Å². The van der Waals surface area contributed by atoms with Gasteiger partial charge in [-0.05, 0) is 30.7 Å². The lowest BCUT2D eigenvalue weighted by molar-refractivity contribution is 0.626. The van der Waals surface area contributed by atoms with E-state index in [1.54, 1.807) is 12.1 Å². The quantitative estimate of drug-likeness (QED) is 0.794. The molecule has 0 bridgehead atoms. The summed E-state index contributed by atoms with van der Waals surface area (Å²) in [5.74, 6) is 2.67. The van der Waals surface area contributed by atoms with Gasteiger partial charge in [0, 0.05) is 10.0 Å². The van der Waals surface area contributed by atoms with E-state index in [-0.39, 0.29) is 6.04 Å². The second kappa shape index (κ2) is 6.02. The minimum Gasteiger partial charge on any atom is -0.300 e. The molecule has 0 saturated carbocycles. The monoisotopic (exact) mass is 241 g/mol. The lowest BCUT2D eigenvalue weighted by Crippen LogP contribution is -2.20. The summed E-state index contributed by atoms with van der Waals surface area (Å²) in [6, 6.07) is 5.21. The molecule has 0 spiro atoms. The molecular formula is C12H13Cl2N. The normalized spacial score (nSPS) is 12.1. The van der Waals surface area contributed by atoms with Gasteiger partial charge < -0.3 is 0 Å². The minimum atomic E-state index is -0.144. The van der Waals surface area contributed by atoms with Gasteiger partial charge in [0.05, 0.1) is 6.04 Å². The summed E-state index contributed by atoms with van der Waals surface area (Å²) in [5, 5.41) is 4.46. The van der Waals surface area contributed by atoms with Gasteiger partial charge in [-0.25, -0.2) is 0 Å². The highest BCUT2D eigenvalue weighted by Gasteiger charge is 2.10. The molecule has 0 aliphatic carbocycles. The van der Waals surface area contributed by atoms with E-state index in [0.717, 1.165) is 18.5 Å². The van der Waals surface area contributed by atoms with E-state index in [1.165, 1.54) is 0 Å². The maximum Gasteiger partial charge on any atom is 0.0957 e. The Labute approximate surface area is 101 Å². The van der Waals surface area contributed by atoms with Crippen molar-refractivity contribution in [3.8, 4) is 12.3 Å². The number of terminal acetylenes is 1. The van der Waals surface area contributed by atoms with Crippen LogP contribution in [0.1, 0.15) is 24.9 Å². The Morgan fingerprint density at radius 3 is 2.73 bits per heavy atom. The molecule has 0 fully saturated rings. The predicted molar refractivity (Wildman–Crippen MR) is 66.3 cm³/mol. The first-order valence-electron chi connectivity index (χ1n) is 4.83. The number of rotatable bonds is 4. The molecule has 0 heterocycles. The zero-order chi connectivity index (χ0) is 11.3. The average molecular weight is 242 g/mol. The van der Waals surface area contributed by atoms with Crippen LogP contribution in [0.25, 0.3) is 0 Å². The standard InChI is InChI=1S/C12H13Cl2N/c1-3-7-15-12(4-2)10-6-5-9(13)8-11(10)14/h2,5-6,8,12,15H,3,7H2,1H3. The fraction of sp³-hybridized carbons (Fsp3) is 0.333. The Morgan fingerprint density at radius 1 is 1.47 bits per heavy atom. The Kier molecular flexibility index (Phi) is 4.98. The third kappa shape index (κ3) is 3.43. The fourth-order valence-corrected chi connectivity index (χ4v) is 1.80. The van der Waals surface area contributed by atoms with Crippen molar-refractivity contribution in [3.05, 3.63) is 33.8 Å². The second-order valence-electron chi connectivity index (χ2n) is 3.22. The molecule has 0 aromatic heterocycles. The van der Waals surface area contributed by atoms with Crippen molar-refractivity contribution in [2.45, 2.75) is 19.4 Å². The van der Waals surface area contributed by atoms with Crippen molar-refractivity contribution < 1.29 is 0 Å². The number of nitrogens with one attached hydrogen (secondary N) is 1. The van der Waals surface area contributed by atoms with Crippen molar-refractivity contribution in [2.24, 2.45) is 0 Å².